The van der Waals surface area contributed by atoms with E-state index in [0.29, 0.717) is 6.54 Å². The molecule has 1 heterocycles. The fourth-order valence-electron chi connectivity index (χ4n) is 1.08. The molecule has 0 aliphatic heterocycles. The van der Waals surface area contributed by atoms with E-state index < -0.39 is 0 Å². The molecule has 0 amide bonds. The maximum absolute atomic E-state index is 8.72. The number of aliphatic hydroxyl groups excluding tert-OH is 1. The molecule has 2 nitrogen and oxygen atoms in total. The van der Waals surface area contributed by atoms with Gasteiger partial charge in [-0.25, -0.2) is 0 Å². The molecule has 0 saturated heterocycles. The van der Waals surface area contributed by atoms with E-state index in [-0.39, 0.29) is 6.61 Å². The molecule has 1 aromatic heterocycles. The highest BCUT2D eigenvalue weighted by Gasteiger charge is 2.08. The van der Waals surface area contributed by atoms with Crippen molar-refractivity contribution in [3.05, 3.63) is 20.8 Å². The van der Waals surface area contributed by atoms with Crippen molar-refractivity contribution in [2.75, 3.05) is 20.2 Å². The molecule has 0 spiro atoms. The number of hydrogen-bond acceptors (Lipinski definition) is 3. The summed E-state index contributed by atoms with van der Waals surface area (Å²) in [5.41, 5.74) is 1.14. The largest absolute Gasteiger partial charge is 0.395 e. The van der Waals surface area contributed by atoms with E-state index in [4.69, 9.17) is 16.7 Å². The lowest BCUT2D eigenvalue weighted by Gasteiger charge is -2.13. The molecule has 0 atom stereocenters. The number of halogens is 1. The Hall–Kier alpha value is -0.0900. The number of hydrogen-bond donors (Lipinski definition) is 1. The first-order valence-electron chi connectivity index (χ1n) is 4.17. The predicted molar refractivity (Wildman–Crippen MR) is 57.5 cm³/mol. The maximum Gasteiger partial charge on any atom is 0.0587 e. The maximum atomic E-state index is 8.72. The smallest absolute Gasteiger partial charge is 0.0587 e. The molecular weight excluding hydrogens is 206 g/mol. The molecule has 1 N–H and O–H groups in total. The van der Waals surface area contributed by atoms with Crippen LogP contribution in [0.25, 0.3) is 0 Å². The van der Waals surface area contributed by atoms with Gasteiger partial charge in [-0.2, -0.15) is 0 Å². The molecule has 0 aromatic carbocycles. The van der Waals surface area contributed by atoms with Crippen molar-refractivity contribution in [2.24, 2.45) is 0 Å². The van der Waals surface area contributed by atoms with Crippen LogP contribution in [0.3, 0.4) is 0 Å². The van der Waals surface area contributed by atoms with E-state index in [1.165, 1.54) is 4.88 Å². The van der Waals surface area contributed by atoms with Gasteiger partial charge in [-0.3, -0.25) is 4.90 Å². The third kappa shape index (κ3) is 2.95. The molecule has 4 heteroatoms. The monoisotopic (exact) mass is 219 g/mol. The zero-order valence-electron chi connectivity index (χ0n) is 7.88. The van der Waals surface area contributed by atoms with Gasteiger partial charge in [-0.05, 0) is 24.9 Å². The van der Waals surface area contributed by atoms with Crippen LogP contribution in [-0.2, 0) is 6.54 Å². The van der Waals surface area contributed by atoms with Gasteiger partial charge in [0.1, 0.15) is 0 Å². The highest BCUT2D eigenvalue weighted by atomic mass is 35.5. The number of thiophene rings is 1. The van der Waals surface area contributed by atoms with Gasteiger partial charge in [-0.1, -0.05) is 11.6 Å². The van der Waals surface area contributed by atoms with E-state index >= 15 is 0 Å². The third-order valence-electron chi connectivity index (χ3n) is 1.86. The zero-order chi connectivity index (χ0) is 9.84. The normalized spacial score (nSPS) is 11.2. The Morgan fingerprint density at radius 2 is 2.31 bits per heavy atom. The minimum atomic E-state index is 0.193. The van der Waals surface area contributed by atoms with Gasteiger partial charge >= 0.3 is 0 Å². The van der Waals surface area contributed by atoms with Gasteiger partial charge < -0.3 is 5.11 Å². The van der Waals surface area contributed by atoms with Crippen LogP contribution in [0, 0.1) is 6.92 Å². The van der Waals surface area contributed by atoms with Crippen LogP contribution in [0.15, 0.2) is 5.38 Å². The molecule has 0 radical (unpaired) electrons. The van der Waals surface area contributed by atoms with Gasteiger partial charge in [0.2, 0.25) is 0 Å². The average Bonchev–Trinajstić information content (AvgIpc) is 2.37. The summed E-state index contributed by atoms with van der Waals surface area (Å²) in [4.78, 5) is 3.23. The molecule has 13 heavy (non-hydrogen) atoms. The van der Waals surface area contributed by atoms with Crippen molar-refractivity contribution in [2.45, 2.75) is 13.5 Å². The summed E-state index contributed by atoms with van der Waals surface area (Å²) in [5.74, 6) is 0. The molecule has 1 aromatic rings. The summed E-state index contributed by atoms with van der Waals surface area (Å²) < 4.78 is 0. The second-order valence-electron chi connectivity index (χ2n) is 3.12. The summed E-state index contributed by atoms with van der Waals surface area (Å²) in [6, 6.07) is 0. The molecule has 0 bridgehead atoms. The highest BCUT2D eigenvalue weighted by molar-refractivity contribution is 7.10. The summed E-state index contributed by atoms with van der Waals surface area (Å²) >= 11 is 7.75. The van der Waals surface area contributed by atoms with Crippen LogP contribution >= 0.6 is 22.9 Å². The summed E-state index contributed by atoms with van der Waals surface area (Å²) in [6.45, 7) is 3.71. The van der Waals surface area contributed by atoms with Crippen molar-refractivity contribution in [3.63, 3.8) is 0 Å². The standard InChI is InChI=1S/C9H14ClNOS/c1-7-6-13-8(9(7)10)5-11(2)3-4-12/h6,12H,3-5H2,1-2H3. The quantitative estimate of drug-likeness (QED) is 0.839. The summed E-state index contributed by atoms with van der Waals surface area (Å²) in [6.07, 6.45) is 0. The van der Waals surface area contributed by atoms with Gasteiger partial charge in [0, 0.05) is 18.0 Å². The van der Waals surface area contributed by atoms with E-state index in [2.05, 4.69) is 10.3 Å². The molecule has 0 saturated carbocycles. The molecular formula is C9H14ClNOS. The molecule has 0 aliphatic rings. The Labute approximate surface area is 87.8 Å². The van der Waals surface area contributed by atoms with Crippen molar-refractivity contribution in [1.29, 1.82) is 0 Å². The van der Waals surface area contributed by atoms with Gasteiger partial charge in [0.15, 0.2) is 0 Å². The molecule has 0 fully saturated rings. The highest BCUT2D eigenvalue weighted by Crippen LogP contribution is 2.27. The first-order chi connectivity index (χ1) is 6.15. The zero-order valence-corrected chi connectivity index (χ0v) is 9.45. The predicted octanol–water partition coefficient (Wildman–Crippen LogP) is 2.13. The fraction of sp³-hybridized carbons (Fsp3) is 0.556. The summed E-state index contributed by atoms with van der Waals surface area (Å²) in [5, 5.41) is 11.6. The Morgan fingerprint density at radius 1 is 1.62 bits per heavy atom. The molecule has 0 aliphatic carbocycles. The van der Waals surface area contributed by atoms with E-state index in [9.17, 15) is 0 Å². The minimum Gasteiger partial charge on any atom is -0.395 e. The molecule has 74 valence electrons. The van der Waals surface area contributed by atoms with Gasteiger partial charge in [-0.15, -0.1) is 11.3 Å². The van der Waals surface area contributed by atoms with Crippen molar-refractivity contribution >= 4 is 22.9 Å². The van der Waals surface area contributed by atoms with Crippen molar-refractivity contribution < 1.29 is 5.11 Å². The molecule has 0 unspecified atom stereocenters. The van der Waals surface area contributed by atoms with Crippen molar-refractivity contribution in [1.82, 2.24) is 4.90 Å². The lowest BCUT2D eigenvalue weighted by atomic mass is 10.3. The minimum absolute atomic E-state index is 0.193. The Morgan fingerprint density at radius 3 is 2.77 bits per heavy atom. The first kappa shape index (κ1) is 11.0. The third-order valence-corrected chi connectivity index (χ3v) is 3.59. The lowest BCUT2D eigenvalue weighted by Crippen LogP contribution is -2.21. The van der Waals surface area contributed by atoms with Crippen LogP contribution in [0.1, 0.15) is 10.4 Å². The van der Waals surface area contributed by atoms with Gasteiger partial charge in [0.05, 0.1) is 11.6 Å². The second-order valence-corrected chi connectivity index (χ2v) is 4.46. The average molecular weight is 220 g/mol. The van der Waals surface area contributed by atoms with Crippen LogP contribution in [0.5, 0.6) is 0 Å². The van der Waals surface area contributed by atoms with Crippen LogP contribution in [-0.4, -0.2) is 30.2 Å². The number of rotatable bonds is 4. The van der Waals surface area contributed by atoms with E-state index in [0.717, 1.165) is 17.1 Å². The Kier molecular flexibility index (Phi) is 4.19. The summed E-state index contributed by atoms with van der Waals surface area (Å²) in [7, 11) is 1.97. The lowest BCUT2D eigenvalue weighted by molar-refractivity contribution is 0.218. The second kappa shape index (κ2) is 4.96. The number of nitrogens with zero attached hydrogens (tertiary/aromatic N) is 1. The van der Waals surface area contributed by atoms with E-state index in [1.54, 1.807) is 11.3 Å². The number of likely N-dealkylation sites (N-methyl/N-ethyl adjacent to an activating group) is 1. The topological polar surface area (TPSA) is 23.5 Å². The fourth-order valence-corrected chi connectivity index (χ4v) is 2.39. The molecule has 1 rings (SSSR count). The Balaban J connectivity index is 2.58. The van der Waals surface area contributed by atoms with E-state index in [1.807, 2.05) is 14.0 Å². The first-order valence-corrected chi connectivity index (χ1v) is 5.42. The number of aryl methyl sites for hydroxylation is 1. The van der Waals surface area contributed by atoms with Gasteiger partial charge in [0.25, 0.3) is 0 Å². The van der Waals surface area contributed by atoms with Crippen LogP contribution < -0.4 is 0 Å². The Bertz CT molecular complexity index is 275. The SMILES string of the molecule is Cc1csc(CN(C)CCO)c1Cl. The number of aliphatic hydroxyl groups is 1. The van der Waals surface area contributed by atoms with Crippen molar-refractivity contribution in [3.8, 4) is 0 Å². The van der Waals surface area contributed by atoms with Crippen LogP contribution in [0.2, 0.25) is 5.02 Å². The van der Waals surface area contributed by atoms with Crippen LogP contribution in [0.4, 0.5) is 0 Å².